The fourth-order valence-corrected chi connectivity index (χ4v) is 2.62. The van der Waals surface area contributed by atoms with Crippen molar-refractivity contribution >= 4 is 18.3 Å². The molecule has 0 saturated carbocycles. The van der Waals surface area contributed by atoms with Crippen LogP contribution in [0.25, 0.3) is 11.3 Å². The van der Waals surface area contributed by atoms with E-state index in [9.17, 15) is 18.0 Å². The van der Waals surface area contributed by atoms with Gasteiger partial charge in [-0.1, -0.05) is 12.1 Å². The molecule has 7 nitrogen and oxygen atoms in total. The van der Waals surface area contributed by atoms with Gasteiger partial charge in [0.25, 0.3) is 5.91 Å². The van der Waals surface area contributed by atoms with Crippen molar-refractivity contribution < 1.29 is 22.5 Å². The molecule has 0 aliphatic heterocycles. The third-order valence-electron chi connectivity index (χ3n) is 4.18. The molecule has 0 radical (unpaired) electrons. The summed E-state index contributed by atoms with van der Waals surface area (Å²) < 4.78 is 44.4. The van der Waals surface area contributed by atoms with Crippen LogP contribution in [0.3, 0.4) is 0 Å². The number of hydrogen-bond acceptors (Lipinski definition) is 5. The fourth-order valence-electron chi connectivity index (χ4n) is 2.62. The lowest BCUT2D eigenvalue weighted by Gasteiger charge is -2.10. The fraction of sp³-hybridized carbons (Fsp3) is 0.333. The Hall–Kier alpha value is -2.88. The molecule has 156 valence electrons. The van der Waals surface area contributed by atoms with Crippen molar-refractivity contribution in [2.75, 3.05) is 0 Å². The van der Waals surface area contributed by atoms with Crippen LogP contribution in [0.2, 0.25) is 0 Å². The first-order chi connectivity index (χ1) is 13.2. The number of hydrogen-bond donors (Lipinski definition) is 1. The Balaban J connectivity index is 0.00000300. The SMILES string of the molecule is CCc1cc(-c2cc([C@H](C)NC(=O)c3cc(C(F)(F)F)nn3C)on2)ccn1.Cl. The Morgan fingerprint density at radius 3 is 2.66 bits per heavy atom. The van der Waals surface area contributed by atoms with Crippen molar-refractivity contribution in [2.24, 2.45) is 7.05 Å². The summed E-state index contributed by atoms with van der Waals surface area (Å²) in [5, 5.41) is 9.92. The summed E-state index contributed by atoms with van der Waals surface area (Å²) in [5.74, 6) is -0.329. The molecule has 0 spiro atoms. The zero-order valence-corrected chi connectivity index (χ0v) is 16.6. The normalized spacial score (nSPS) is 12.3. The van der Waals surface area contributed by atoms with Gasteiger partial charge in [0.15, 0.2) is 11.5 Å². The van der Waals surface area contributed by atoms with Gasteiger partial charge < -0.3 is 9.84 Å². The van der Waals surface area contributed by atoms with Gasteiger partial charge in [-0.05, 0) is 25.5 Å². The Labute approximate surface area is 170 Å². The number of carbonyl (C=O) groups excluding carboxylic acids is 1. The number of aryl methyl sites for hydroxylation is 2. The molecule has 0 aliphatic carbocycles. The van der Waals surface area contributed by atoms with E-state index in [1.165, 1.54) is 7.05 Å². The second-order valence-corrected chi connectivity index (χ2v) is 6.24. The van der Waals surface area contributed by atoms with Crippen LogP contribution in [0.15, 0.2) is 35.0 Å². The number of nitrogens with one attached hydrogen (secondary N) is 1. The average Bonchev–Trinajstić information content (AvgIpc) is 3.28. The van der Waals surface area contributed by atoms with Gasteiger partial charge in [0.05, 0.1) is 6.04 Å². The largest absolute Gasteiger partial charge is 0.435 e. The maximum absolute atomic E-state index is 12.8. The second-order valence-electron chi connectivity index (χ2n) is 6.24. The van der Waals surface area contributed by atoms with Crippen molar-refractivity contribution in [1.82, 2.24) is 25.2 Å². The first-order valence-corrected chi connectivity index (χ1v) is 8.53. The van der Waals surface area contributed by atoms with E-state index in [1.54, 1.807) is 25.3 Å². The number of alkyl halides is 3. The summed E-state index contributed by atoms with van der Waals surface area (Å²) in [5.41, 5.74) is 0.967. The van der Waals surface area contributed by atoms with Crippen LogP contribution in [-0.4, -0.2) is 25.8 Å². The number of amides is 1. The van der Waals surface area contributed by atoms with Crippen LogP contribution in [-0.2, 0) is 19.6 Å². The molecule has 0 saturated heterocycles. The highest BCUT2D eigenvalue weighted by molar-refractivity contribution is 5.92. The molecular weight excluding hydrogens is 411 g/mol. The van der Waals surface area contributed by atoms with E-state index in [0.29, 0.717) is 17.5 Å². The Morgan fingerprint density at radius 2 is 2.03 bits per heavy atom. The number of rotatable bonds is 5. The molecule has 0 aromatic carbocycles. The highest BCUT2D eigenvalue weighted by Gasteiger charge is 2.35. The van der Waals surface area contributed by atoms with Crippen LogP contribution in [0.4, 0.5) is 13.2 Å². The lowest BCUT2D eigenvalue weighted by atomic mass is 10.1. The van der Waals surface area contributed by atoms with E-state index in [1.807, 2.05) is 13.0 Å². The molecule has 0 bridgehead atoms. The zero-order chi connectivity index (χ0) is 20.5. The van der Waals surface area contributed by atoms with Gasteiger partial charge >= 0.3 is 6.18 Å². The zero-order valence-electron chi connectivity index (χ0n) is 15.8. The summed E-state index contributed by atoms with van der Waals surface area (Å²) in [6, 6.07) is 5.45. The summed E-state index contributed by atoms with van der Waals surface area (Å²) in [6.07, 6.45) is -2.17. The predicted octanol–water partition coefficient (Wildman–Crippen LogP) is 3.96. The quantitative estimate of drug-likeness (QED) is 0.663. The van der Waals surface area contributed by atoms with E-state index in [0.717, 1.165) is 22.4 Å². The van der Waals surface area contributed by atoms with Gasteiger partial charge in [0.1, 0.15) is 11.4 Å². The smallest absolute Gasteiger partial charge is 0.359 e. The molecule has 3 heterocycles. The summed E-state index contributed by atoms with van der Waals surface area (Å²) in [4.78, 5) is 16.6. The third-order valence-corrected chi connectivity index (χ3v) is 4.18. The number of pyridine rings is 1. The predicted molar refractivity (Wildman–Crippen MR) is 100 cm³/mol. The summed E-state index contributed by atoms with van der Waals surface area (Å²) in [7, 11) is 1.27. The molecule has 0 aliphatic rings. The van der Waals surface area contributed by atoms with E-state index in [2.05, 4.69) is 20.6 Å². The topological polar surface area (TPSA) is 85.8 Å². The van der Waals surface area contributed by atoms with E-state index >= 15 is 0 Å². The average molecular weight is 430 g/mol. The van der Waals surface area contributed by atoms with Crippen LogP contribution in [0.5, 0.6) is 0 Å². The van der Waals surface area contributed by atoms with Gasteiger partial charge in [-0.3, -0.25) is 14.5 Å². The van der Waals surface area contributed by atoms with Crippen molar-refractivity contribution in [1.29, 1.82) is 0 Å². The van der Waals surface area contributed by atoms with Crippen molar-refractivity contribution in [3.8, 4) is 11.3 Å². The van der Waals surface area contributed by atoms with Crippen LogP contribution < -0.4 is 5.32 Å². The monoisotopic (exact) mass is 429 g/mol. The Bertz CT molecular complexity index is 1000. The number of carbonyl (C=O) groups is 1. The number of halogens is 4. The third kappa shape index (κ3) is 4.94. The van der Waals surface area contributed by atoms with Gasteiger partial charge in [-0.25, -0.2) is 0 Å². The minimum Gasteiger partial charge on any atom is -0.359 e. The minimum absolute atomic E-state index is 0. The van der Waals surface area contributed by atoms with Gasteiger partial charge in [0, 0.05) is 36.6 Å². The summed E-state index contributed by atoms with van der Waals surface area (Å²) >= 11 is 0. The van der Waals surface area contributed by atoms with Crippen molar-refractivity contribution in [2.45, 2.75) is 32.5 Å². The van der Waals surface area contributed by atoms with Crippen molar-refractivity contribution in [3.63, 3.8) is 0 Å². The molecule has 1 atom stereocenters. The van der Waals surface area contributed by atoms with E-state index < -0.39 is 23.8 Å². The van der Waals surface area contributed by atoms with Gasteiger partial charge in [0.2, 0.25) is 0 Å². The lowest BCUT2D eigenvalue weighted by molar-refractivity contribution is -0.141. The summed E-state index contributed by atoms with van der Waals surface area (Å²) in [6.45, 7) is 3.63. The first-order valence-electron chi connectivity index (χ1n) is 8.53. The minimum atomic E-state index is -4.62. The Morgan fingerprint density at radius 1 is 1.31 bits per heavy atom. The molecule has 3 rings (SSSR count). The molecule has 0 unspecified atom stereocenters. The van der Waals surface area contributed by atoms with Gasteiger partial charge in [-0.2, -0.15) is 18.3 Å². The molecule has 3 aromatic heterocycles. The standard InChI is InChI=1S/C18H18F3N5O2.ClH/c1-4-12-7-11(5-6-22-12)13-8-15(28-25-13)10(2)23-17(27)14-9-16(18(19,20)21)24-26(14)3;/h5-10H,4H2,1-3H3,(H,23,27);1H/t10-;/m0./s1. The van der Waals surface area contributed by atoms with Crippen LogP contribution in [0, 0.1) is 0 Å². The number of aromatic nitrogens is 4. The molecule has 0 fully saturated rings. The maximum atomic E-state index is 12.8. The highest BCUT2D eigenvalue weighted by Crippen LogP contribution is 2.28. The highest BCUT2D eigenvalue weighted by atomic mass is 35.5. The molecular formula is C18H19ClF3N5O2. The van der Waals surface area contributed by atoms with E-state index in [4.69, 9.17) is 4.52 Å². The van der Waals surface area contributed by atoms with Crippen LogP contribution in [0.1, 0.15) is 47.5 Å². The molecule has 1 amide bonds. The Kier molecular flexibility index (Phi) is 6.68. The van der Waals surface area contributed by atoms with Crippen molar-refractivity contribution in [3.05, 3.63) is 53.3 Å². The van der Waals surface area contributed by atoms with Gasteiger partial charge in [-0.15, -0.1) is 12.4 Å². The van der Waals surface area contributed by atoms with E-state index in [-0.39, 0.29) is 18.1 Å². The number of nitrogens with zero attached hydrogens (tertiary/aromatic N) is 4. The maximum Gasteiger partial charge on any atom is 0.435 e. The molecule has 29 heavy (non-hydrogen) atoms. The lowest BCUT2D eigenvalue weighted by Crippen LogP contribution is -2.28. The molecule has 3 aromatic rings. The van der Waals surface area contributed by atoms with Crippen LogP contribution >= 0.6 is 12.4 Å². The first kappa shape index (κ1) is 22.4. The molecule has 11 heteroatoms. The second kappa shape index (κ2) is 8.64. The molecule has 1 N–H and O–H groups in total.